The number of hydrogen-bond donors (Lipinski definition) is 1. The average molecular weight is 664 g/mol. The molecule has 2 heterocycles. The van der Waals surface area contributed by atoms with Gasteiger partial charge in [-0.05, 0) is 93.4 Å². The Hall–Kier alpha value is -4.31. The topological polar surface area (TPSA) is 121 Å². The van der Waals surface area contributed by atoms with Crippen molar-refractivity contribution < 1.29 is 28.6 Å². The van der Waals surface area contributed by atoms with E-state index >= 15 is 0 Å². The van der Waals surface area contributed by atoms with Crippen LogP contribution >= 0.6 is 27.7 Å². The lowest BCUT2D eigenvalue weighted by Crippen LogP contribution is -2.36. The molecule has 2 fully saturated rings. The van der Waals surface area contributed by atoms with Gasteiger partial charge in [-0.3, -0.25) is 19.3 Å². The molecule has 43 heavy (non-hydrogen) atoms. The molecular formula is C31H27BrN4O6S. The molecule has 12 heteroatoms. The number of halogens is 1. The molecule has 3 amide bonds. The van der Waals surface area contributed by atoms with E-state index < -0.39 is 23.6 Å². The molecule has 2 aliphatic heterocycles. The first-order valence-corrected chi connectivity index (χ1v) is 14.9. The van der Waals surface area contributed by atoms with Gasteiger partial charge in [0.1, 0.15) is 13.2 Å². The highest BCUT2D eigenvalue weighted by Crippen LogP contribution is 2.39. The summed E-state index contributed by atoms with van der Waals surface area (Å²) in [4.78, 5) is 41.8. The summed E-state index contributed by atoms with van der Waals surface area (Å²) in [5, 5.41) is 11.2. The molecule has 2 saturated heterocycles. The summed E-state index contributed by atoms with van der Waals surface area (Å²) < 4.78 is 17.5. The third-order valence-electron chi connectivity index (χ3n) is 6.72. The van der Waals surface area contributed by atoms with Crippen molar-refractivity contribution in [2.45, 2.75) is 6.61 Å². The summed E-state index contributed by atoms with van der Waals surface area (Å²) in [6, 6.07) is 20.0. The third-order valence-corrected chi connectivity index (χ3v) is 8.21. The lowest BCUT2D eigenvalue weighted by atomic mass is 10.1. The van der Waals surface area contributed by atoms with Crippen molar-refractivity contribution in [2.24, 2.45) is 0 Å². The number of nitrogens with one attached hydrogen (secondary N) is 1. The van der Waals surface area contributed by atoms with E-state index in [-0.39, 0.29) is 11.5 Å². The third kappa shape index (κ3) is 7.37. The second kappa shape index (κ2) is 13.8. The van der Waals surface area contributed by atoms with E-state index in [1.54, 1.807) is 42.5 Å². The van der Waals surface area contributed by atoms with Gasteiger partial charge in [0.05, 0.1) is 41.3 Å². The van der Waals surface area contributed by atoms with Gasteiger partial charge in [-0.2, -0.15) is 5.26 Å². The number of ether oxygens (including phenoxy) is 3. The highest BCUT2D eigenvalue weighted by molar-refractivity contribution is 9.10. The number of anilines is 2. The maximum Gasteiger partial charge on any atom is 0.294 e. The van der Waals surface area contributed by atoms with E-state index in [1.807, 2.05) is 24.3 Å². The molecule has 1 N–H and O–H groups in total. The van der Waals surface area contributed by atoms with Crippen LogP contribution in [-0.2, 0) is 20.9 Å². The largest absolute Gasteiger partial charge is 0.493 e. The molecule has 0 aliphatic carbocycles. The number of carbonyl (C=O) groups excluding carboxylic acids is 3. The standard InChI is InChI=1S/C31H27BrN4O6S/c1-40-26-15-22(14-25(32)29(26)42-19-21-4-2-20(17-33)3-5-21)16-27-30(38)36(31(39)43-27)18-28(37)34-23-6-8-24(9-7-23)35-10-12-41-13-11-35/h2-9,14-16H,10-13,18-19H2,1H3,(H,34,37)/b27-16+. The molecular weight excluding hydrogens is 636 g/mol. The van der Waals surface area contributed by atoms with Gasteiger partial charge in [-0.15, -0.1) is 0 Å². The van der Waals surface area contributed by atoms with E-state index in [2.05, 4.69) is 32.2 Å². The SMILES string of the molecule is COc1cc(/C=C2/SC(=O)N(CC(=O)Nc3ccc(N4CCOCC4)cc3)C2=O)cc(Br)c1OCc1ccc(C#N)cc1. The van der Waals surface area contributed by atoms with Crippen LogP contribution < -0.4 is 19.7 Å². The first-order chi connectivity index (χ1) is 20.8. The first kappa shape index (κ1) is 30.2. The van der Waals surface area contributed by atoms with E-state index in [9.17, 15) is 14.4 Å². The summed E-state index contributed by atoms with van der Waals surface area (Å²) >= 11 is 4.28. The van der Waals surface area contributed by atoms with Gasteiger partial charge in [0.25, 0.3) is 11.1 Å². The minimum Gasteiger partial charge on any atom is -0.493 e. The molecule has 2 aliphatic rings. The van der Waals surface area contributed by atoms with Gasteiger partial charge in [-0.1, -0.05) is 12.1 Å². The monoisotopic (exact) mass is 662 g/mol. The quantitative estimate of drug-likeness (QED) is 0.299. The Labute approximate surface area is 261 Å². The van der Waals surface area contributed by atoms with E-state index in [0.29, 0.717) is 46.0 Å². The summed E-state index contributed by atoms with van der Waals surface area (Å²) in [5.74, 6) is -0.140. The van der Waals surface area contributed by atoms with Crippen LogP contribution in [0.25, 0.3) is 6.08 Å². The van der Waals surface area contributed by atoms with Crippen LogP contribution in [0, 0.1) is 11.3 Å². The number of rotatable bonds is 9. The molecule has 3 aromatic rings. The van der Waals surface area contributed by atoms with Crippen molar-refractivity contribution in [3.63, 3.8) is 0 Å². The number of benzene rings is 3. The molecule has 0 atom stereocenters. The van der Waals surface area contributed by atoms with Gasteiger partial charge in [0.15, 0.2) is 11.5 Å². The minimum absolute atomic E-state index is 0.188. The van der Waals surface area contributed by atoms with Crippen molar-refractivity contribution in [2.75, 3.05) is 50.2 Å². The fourth-order valence-electron chi connectivity index (χ4n) is 4.50. The fraction of sp³-hybridized carbons (Fsp3) is 0.226. The number of thioether (sulfide) groups is 1. The molecule has 5 rings (SSSR count). The van der Waals surface area contributed by atoms with Gasteiger partial charge in [-0.25, -0.2) is 0 Å². The highest BCUT2D eigenvalue weighted by Gasteiger charge is 2.36. The molecule has 0 unspecified atom stereocenters. The summed E-state index contributed by atoms with van der Waals surface area (Å²) in [5.41, 5.74) is 3.64. The highest BCUT2D eigenvalue weighted by atomic mass is 79.9. The number of methoxy groups -OCH3 is 1. The lowest BCUT2D eigenvalue weighted by Gasteiger charge is -2.28. The van der Waals surface area contributed by atoms with E-state index in [1.165, 1.54) is 7.11 Å². The van der Waals surface area contributed by atoms with Gasteiger partial charge >= 0.3 is 0 Å². The molecule has 3 aromatic carbocycles. The molecule has 0 radical (unpaired) electrons. The molecule has 0 bridgehead atoms. The zero-order valence-corrected chi connectivity index (χ0v) is 25.6. The molecule has 0 spiro atoms. The maximum absolute atomic E-state index is 13.1. The number of hydrogen-bond acceptors (Lipinski definition) is 9. The number of morpholine rings is 1. The van der Waals surface area contributed by atoms with Crippen molar-refractivity contribution in [3.8, 4) is 17.6 Å². The number of nitrogens with zero attached hydrogens (tertiary/aromatic N) is 3. The smallest absolute Gasteiger partial charge is 0.294 e. The Kier molecular flexibility index (Phi) is 9.66. The number of nitriles is 1. The van der Waals surface area contributed by atoms with Gasteiger partial charge in [0.2, 0.25) is 5.91 Å². The summed E-state index contributed by atoms with van der Waals surface area (Å²) in [6.07, 6.45) is 1.57. The molecule has 220 valence electrons. The van der Waals surface area contributed by atoms with Crippen LogP contribution in [0.1, 0.15) is 16.7 Å². The molecule has 10 nitrogen and oxygen atoms in total. The Bertz CT molecular complexity index is 1600. The van der Waals surface area contributed by atoms with Crippen LogP contribution in [-0.4, -0.2) is 61.9 Å². The fourth-order valence-corrected chi connectivity index (χ4v) is 5.92. The Morgan fingerprint density at radius 3 is 2.51 bits per heavy atom. The van der Waals surface area contributed by atoms with Crippen LogP contribution in [0.15, 0.2) is 70.0 Å². The first-order valence-electron chi connectivity index (χ1n) is 13.3. The van der Waals surface area contributed by atoms with Crippen LogP contribution in [0.4, 0.5) is 16.2 Å². The normalized spacial score (nSPS) is 15.9. The van der Waals surface area contributed by atoms with Crippen molar-refractivity contribution in [1.29, 1.82) is 5.26 Å². The van der Waals surface area contributed by atoms with Crippen molar-refractivity contribution in [3.05, 3.63) is 86.7 Å². The van der Waals surface area contributed by atoms with E-state index in [4.69, 9.17) is 19.5 Å². The number of imide groups is 1. The summed E-state index contributed by atoms with van der Waals surface area (Å²) in [7, 11) is 1.50. The predicted octanol–water partition coefficient (Wildman–Crippen LogP) is 5.42. The Morgan fingerprint density at radius 2 is 1.84 bits per heavy atom. The predicted molar refractivity (Wildman–Crippen MR) is 167 cm³/mol. The Balaban J connectivity index is 1.21. The second-order valence-electron chi connectivity index (χ2n) is 9.59. The van der Waals surface area contributed by atoms with Crippen molar-refractivity contribution >= 4 is 62.2 Å². The average Bonchev–Trinajstić information content (AvgIpc) is 3.28. The number of carbonyl (C=O) groups is 3. The summed E-state index contributed by atoms with van der Waals surface area (Å²) in [6.45, 7) is 2.81. The van der Waals surface area contributed by atoms with Gasteiger partial charge in [0, 0.05) is 24.5 Å². The Morgan fingerprint density at radius 1 is 1.12 bits per heavy atom. The second-order valence-corrected chi connectivity index (χ2v) is 11.4. The molecule has 0 aromatic heterocycles. The van der Waals surface area contributed by atoms with E-state index in [0.717, 1.165) is 41.0 Å². The molecule has 0 saturated carbocycles. The van der Waals surface area contributed by atoms with Crippen molar-refractivity contribution in [1.82, 2.24) is 4.90 Å². The minimum atomic E-state index is -0.552. The van der Waals surface area contributed by atoms with Gasteiger partial charge < -0.3 is 24.4 Å². The number of amides is 3. The van der Waals surface area contributed by atoms with Crippen LogP contribution in [0.5, 0.6) is 11.5 Å². The van der Waals surface area contributed by atoms with Crippen LogP contribution in [0.2, 0.25) is 0 Å². The zero-order valence-electron chi connectivity index (χ0n) is 23.2. The lowest BCUT2D eigenvalue weighted by molar-refractivity contribution is -0.127. The zero-order chi connectivity index (χ0) is 30.3. The maximum atomic E-state index is 13.1. The van der Waals surface area contributed by atoms with Crippen LogP contribution in [0.3, 0.4) is 0 Å².